The summed E-state index contributed by atoms with van der Waals surface area (Å²) in [6, 6.07) is 11.3. The van der Waals surface area contributed by atoms with Gasteiger partial charge in [0.1, 0.15) is 11.0 Å². The Morgan fingerprint density at radius 1 is 1.20 bits per heavy atom. The molecule has 2 N–H and O–H groups in total. The largest absolute Gasteiger partial charge is 0.394 e. The molecule has 0 bridgehead atoms. The van der Waals surface area contributed by atoms with Crippen molar-refractivity contribution in [3.8, 4) is 11.4 Å². The number of halogens is 1. The fraction of sp³-hybridized carbons (Fsp3) is 0.333. The molecule has 4 nitrogen and oxygen atoms in total. The minimum atomic E-state index is -0.0652. The van der Waals surface area contributed by atoms with Crippen molar-refractivity contribution in [2.24, 2.45) is 5.92 Å². The molecule has 2 rings (SSSR count). The summed E-state index contributed by atoms with van der Waals surface area (Å²) >= 11 is 6.05. The summed E-state index contributed by atoms with van der Waals surface area (Å²) in [6.07, 6.45) is 0. The molecular weight excluding hydrogens is 274 g/mol. The Labute approximate surface area is 123 Å². The van der Waals surface area contributed by atoms with Gasteiger partial charge in [-0.25, -0.2) is 9.97 Å². The van der Waals surface area contributed by atoms with Crippen LogP contribution in [0.1, 0.15) is 13.8 Å². The molecule has 0 amide bonds. The van der Waals surface area contributed by atoms with Gasteiger partial charge in [0.2, 0.25) is 0 Å². The Hall–Kier alpha value is -1.65. The van der Waals surface area contributed by atoms with E-state index >= 15 is 0 Å². The average Bonchev–Trinajstić information content (AvgIpc) is 2.45. The van der Waals surface area contributed by atoms with Gasteiger partial charge in [0.15, 0.2) is 5.82 Å². The summed E-state index contributed by atoms with van der Waals surface area (Å²) in [5, 5.41) is 12.9. The first-order valence-electron chi connectivity index (χ1n) is 6.57. The first-order valence-corrected chi connectivity index (χ1v) is 6.95. The molecule has 0 aliphatic carbocycles. The van der Waals surface area contributed by atoms with Gasteiger partial charge in [-0.2, -0.15) is 0 Å². The van der Waals surface area contributed by atoms with Gasteiger partial charge in [-0.3, -0.25) is 0 Å². The van der Waals surface area contributed by atoms with E-state index in [0.29, 0.717) is 16.8 Å². The van der Waals surface area contributed by atoms with E-state index in [1.165, 1.54) is 0 Å². The zero-order valence-electron chi connectivity index (χ0n) is 11.5. The van der Waals surface area contributed by atoms with Crippen LogP contribution in [0.5, 0.6) is 0 Å². The number of rotatable bonds is 5. The van der Waals surface area contributed by atoms with Gasteiger partial charge < -0.3 is 10.4 Å². The molecule has 1 aromatic carbocycles. The lowest BCUT2D eigenvalue weighted by molar-refractivity contribution is 0.249. The van der Waals surface area contributed by atoms with Crippen LogP contribution in [0.15, 0.2) is 36.4 Å². The number of anilines is 1. The normalized spacial score (nSPS) is 12.4. The molecule has 2 aromatic rings. The average molecular weight is 292 g/mol. The highest BCUT2D eigenvalue weighted by Crippen LogP contribution is 2.21. The van der Waals surface area contributed by atoms with Crippen LogP contribution >= 0.6 is 11.6 Å². The molecule has 0 spiro atoms. The Morgan fingerprint density at radius 2 is 1.90 bits per heavy atom. The highest BCUT2D eigenvalue weighted by atomic mass is 35.5. The van der Waals surface area contributed by atoms with Crippen LogP contribution in [-0.2, 0) is 0 Å². The van der Waals surface area contributed by atoms with Crippen molar-refractivity contribution in [3.05, 3.63) is 41.6 Å². The maximum absolute atomic E-state index is 9.37. The molecule has 5 heteroatoms. The number of aliphatic hydroxyl groups excluding tert-OH is 1. The van der Waals surface area contributed by atoms with E-state index in [1.54, 1.807) is 6.07 Å². The van der Waals surface area contributed by atoms with E-state index in [0.717, 1.165) is 5.56 Å². The second-order valence-corrected chi connectivity index (χ2v) is 5.33. The molecule has 0 saturated carbocycles. The quantitative estimate of drug-likeness (QED) is 0.831. The smallest absolute Gasteiger partial charge is 0.163 e. The molecule has 0 aliphatic heterocycles. The van der Waals surface area contributed by atoms with Crippen molar-refractivity contribution in [1.82, 2.24) is 9.97 Å². The van der Waals surface area contributed by atoms with Crippen molar-refractivity contribution in [2.45, 2.75) is 19.9 Å². The first kappa shape index (κ1) is 14.8. The Morgan fingerprint density at radius 3 is 2.50 bits per heavy atom. The lowest BCUT2D eigenvalue weighted by atomic mass is 10.1. The van der Waals surface area contributed by atoms with Crippen LogP contribution < -0.4 is 5.32 Å². The van der Waals surface area contributed by atoms with Gasteiger partial charge >= 0.3 is 0 Å². The summed E-state index contributed by atoms with van der Waals surface area (Å²) < 4.78 is 0. The van der Waals surface area contributed by atoms with E-state index < -0.39 is 0 Å². The van der Waals surface area contributed by atoms with Crippen molar-refractivity contribution in [2.75, 3.05) is 11.9 Å². The lowest BCUT2D eigenvalue weighted by Crippen LogP contribution is -2.29. The molecule has 1 aromatic heterocycles. The molecule has 0 saturated heterocycles. The van der Waals surface area contributed by atoms with Crippen LogP contribution in [0.2, 0.25) is 5.15 Å². The third kappa shape index (κ3) is 3.68. The zero-order valence-corrected chi connectivity index (χ0v) is 12.3. The summed E-state index contributed by atoms with van der Waals surface area (Å²) in [5.74, 6) is 1.48. The Kier molecular flexibility index (Phi) is 4.93. The molecule has 0 radical (unpaired) electrons. The molecule has 0 fully saturated rings. The van der Waals surface area contributed by atoms with E-state index in [9.17, 15) is 5.11 Å². The number of benzene rings is 1. The minimum Gasteiger partial charge on any atom is -0.394 e. The fourth-order valence-corrected chi connectivity index (χ4v) is 2.00. The number of aliphatic hydroxyl groups is 1. The first-order chi connectivity index (χ1) is 9.60. The Bertz CT molecular complexity index is 560. The highest BCUT2D eigenvalue weighted by molar-refractivity contribution is 6.29. The van der Waals surface area contributed by atoms with E-state index in [-0.39, 0.29) is 18.6 Å². The van der Waals surface area contributed by atoms with Gasteiger partial charge in [-0.15, -0.1) is 0 Å². The molecule has 1 heterocycles. The van der Waals surface area contributed by atoms with Crippen LogP contribution in [0.25, 0.3) is 11.4 Å². The van der Waals surface area contributed by atoms with Crippen molar-refractivity contribution in [1.29, 1.82) is 0 Å². The van der Waals surface area contributed by atoms with Crippen LogP contribution in [0.4, 0.5) is 5.82 Å². The number of nitrogens with zero attached hydrogens (tertiary/aromatic N) is 2. The second-order valence-electron chi connectivity index (χ2n) is 4.94. The lowest BCUT2D eigenvalue weighted by Gasteiger charge is -2.20. The van der Waals surface area contributed by atoms with Gasteiger partial charge in [0, 0.05) is 11.6 Å². The van der Waals surface area contributed by atoms with Crippen molar-refractivity contribution < 1.29 is 5.11 Å². The Balaban J connectivity index is 2.30. The predicted octanol–water partition coefficient (Wildman–Crippen LogP) is 3.23. The number of aromatic nitrogens is 2. The number of hydrogen-bond acceptors (Lipinski definition) is 4. The maximum Gasteiger partial charge on any atom is 0.163 e. The molecule has 0 aliphatic rings. The fourth-order valence-electron chi connectivity index (χ4n) is 1.82. The van der Waals surface area contributed by atoms with E-state index in [4.69, 9.17) is 11.6 Å². The van der Waals surface area contributed by atoms with Crippen LogP contribution in [0.3, 0.4) is 0 Å². The van der Waals surface area contributed by atoms with E-state index in [2.05, 4.69) is 15.3 Å². The monoisotopic (exact) mass is 291 g/mol. The zero-order chi connectivity index (χ0) is 14.5. The van der Waals surface area contributed by atoms with Crippen LogP contribution in [0, 0.1) is 5.92 Å². The van der Waals surface area contributed by atoms with Crippen molar-refractivity contribution >= 4 is 17.4 Å². The summed E-state index contributed by atoms with van der Waals surface area (Å²) in [6.45, 7) is 4.11. The highest BCUT2D eigenvalue weighted by Gasteiger charge is 2.14. The van der Waals surface area contributed by atoms with Gasteiger partial charge in [0.25, 0.3) is 0 Å². The minimum absolute atomic E-state index is 0.0416. The van der Waals surface area contributed by atoms with Crippen LogP contribution in [-0.4, -0.2) is 27.7 Å². The SMILES string of the molecule is CC(C)[C@@H](CO)Nc1cc(Cl)nc(-c2ccccc2)n1. The van der Waals surface area contributed by atoms with Gasteiger partial charge in [0.05, 0.1) is 12.6 Å². The predicted molar refractivity (Wildman–Crippen MR) is 81.8 cm³/mol. The molecule has 0 unspecified atom stereocenters. The maximum atomic E-state index is 9.37. The summed E-state index contributed by atoms with van der Waals surface area (Å²) in [4.78, 5) is 8.69. The molecule has 106 valence electrons. The molecule has 20 heavy (non-hydrogen) atoms. The third-order valence-corrected chi connectivity index (χ3v) is 3.26. The second kappa shape index (κ2) is 6.68. The van der Waals surface area contributed by atoms with Crippen molar-refractivity contribution in [3.63, 3.8) is 0 Å². The standard InChI is InChI=1S/C15H18ClN3O/c1-10(2)12(9-20)17-14-8-13(16)18-15(19-14)11-6-4-3-5-7-11/h3-8,10,12,20H,9H2,1-2H3,(H,17,18,19)/t12-/m1/s1. The van der Waals surface area contributed by atoms with Gasteiger partial charge in [-0.1, -0.05) is 55.8 Å². The molecular formula is C15H18ClN3O. The van der Waals surface area contributed by atoms with Gasteiger partial charge in [-0.05, 0) is 5.92 Å². The number of nitrogens with one attached hydrogen (secondary N) is 1. The van der Waals surface area contributed by atoms with E-state index in [1.807, 2.05) is 44.2 Å². The summed E-state index contributed by atoms with van der Waals surface area (Å²) in [5.41, 5.74) is 0.906. The number of hydrogen-bond donors (Lipinski definition) is 2. The third-order valence-electron chi connectivity index (χ3n) is 3.06. The molecule has 1 atom stereocenters. The summed E-state index contributed by atoms with van der Waals surface area (Å²) in [7, 11) is 0. The topological polar surface area (TPSA) is 58.0 Å².